The van der Waals surface area contributed by atoms with E-state index in [0.717, 1.165) is 27.6 Å². The minimum Gasteiger partial charge on any atom is -0.476 e. The van der Waals surface area contributed by atoms with Crippen molar-refractivity contribution >= 4 is 40.2 Å². The monoisotopic (exact) mass is 293 g/mol. The standard InChI is InChI=1S/C10H7N5O2S2/c16-10(17)9-15-5(2-19-9)1-18-8-6-7(12-3-11-6)13-4-14-8/h2-4H,1H2,(H,16,17)(H,11,12,13,14). The Kier molecular flexibility index (Phi) is 3.13. The summed E-state index contributed by atoms with van der Waals surface area (Å²) in [6.45, 7) is 0. The molecule has 0 radical (unpaired) electrons. The fraction of sp³-hybridized carbons (Fsp3) is 0.100. The van der Waals surface area contributed by atoms with Gasteiger partial charge in [-0.3, -0.25) is 0 Å². The molecule has 0 fully saturated rings. The average molecular weight is 293 g/mol. The quantitative estimate of drug-likeness (QED) is 0.558. The number of fused-ring (bicyclic) bond motifs is 1. The lowest BCUT2D eigenvalue weighted by Gasteiger charge is -1.98. The summed E-state index contributed by atoms with van der Waals surface area (Å²) in [5.74, 6) is -0.450. The normalized spacial score (nSPS) is 10.9. The van der Waals surface area contributed by atoms with Crippen LogP contribution in [0.2, 0.25) is 0 Å². The summed E-state index contributed by atoms with van der Waals surface area (Å²) in [6, 6.07) is 0. The van der Waals surface area contributed by atoms with Gasteiger partial charge in [0.1, 0.15) is 16.9 Å². The molecule has 3 heterocycles. The Bertz CT molecular complexity index is 738. The van der Waals surface area contributed by atoms with Gasteiger partial charge in [-0.1, -0.05) is 11.8 Å². The molecule has 2 N–H and O–H groups in total. The lowest BCUT2D eigenvalue weighted by atomic mass is 10.5. The third kappa shape index (κ3) is 2.42. The number of aromatic carboxylic acids is 1. The highest BCUT2D eigenvalue weighted by Gasteiger charge is 2.11. The van der Waals surface area contributed by atoms with Gasteiger partial charge in [0.05, 0.1) is 12.0 Å². The minimum absolute atomic E-state index is 0.102. The Morgan fingerprint density at radius 2 is 2.32 bits per heavy atom. The first-order chi connectivity index (χ1) is 9.24. The van der Waals surface area contributed by atoms with Gasteiger partial charge in [0.25, 0.3) is 0 Å². The zero-order valence-electron chi connectivity index (χ0n) is 9.40. The van der Waals surface area contributed by atoms with E-state index in [4.69, 9.17) is 5.11 Å². The number of thiazole rings is 1. The predicted octanol–water partition coefficient (Wildman–Crippen LogP) is 1.80. The van der Waals surface area contributed by atoms with E-state index in [2.05, 4.69) is 24.9 Å². The summed E-state index contributed by atoms with van der Waals surface area (Å²) in [6.07, 6.45) is 3.02. The molecule has 0 aliphatic heterocycles. The van der Waals surface area contributed by atoms with Crippen molar-refractivity contribution in [3.05, 3.63) is 28.7 Å². The van der Waals surface area contributed by atoms with E-state index in [1.165, 1.54) is 18.1 Å². The van der Waals surface area contributed by atoms with Crippen LogP contribution in [0.3, 0.4) is 0 Å². The predicted molar refractivity (Wildman–Crippen MR) is 70.3 cm³/mol. The van der Waals surface area contributed by atoms with Crippen LogP contribution < -0.4 is 0 Å². The Balaban J connectivity index is 1.78. The molecule has 7 nitrogen and oxygen atoms in total. The number of carboxylic acids is 1. The topological polar surface area (TPSA) is 105 Å². The van der Waals surface area contributed by atoms with E-state index >= 15 is 0 Å². The summed E-state index contributed by atoms with van der Waals surface area (Å²) in [7, 11) is 0. The summed E-state index contributed by atoms with van der Waals surface area (Å²) in [4.78, 5) is 30.0. The number of carbonyl (C=O) groups is 1. The second kappa shape index (κ2) is 4.94. The molecule has 0 aliphatic carbocycles. The molecule has 0 unspecified atom stereocenters. The Morgan fingerprint density at radius 3 is 3.11 bits per heavy atom. The van der Waals surface area contributed by atoms with Gasteiger partial charge in [-0.25, -0.2) is 24.7 Å². The van der Waals surface area contributed by atoms with E-state index < -0.39 is 5.97 Å². The van der Waals surface area contributed by atoms with Crippen molar-refractivity contribution < 1.29 is 9.90 Å². The molecule has 3 aromatic rings. The first-order valence-electron chi connectivity index (χ1n) is 5.18. The van der Waals surface area contributed by atoms with Gasteiger partial charge in [0.2, 0.25) is 5.01 Å². The molecule has 0 aromatic carbocycles. The number of aromatic amines is 1. The van der Waals surface area contributed by atoms with Crippen molar-refractivity contribution in [2.24, 2.45) is 0 Å². The maximum Gasteiger partial charge on any atom is 0.365 e. The minimum atomic E-state index is -1.00. The molecule has 0 amide bonds. The maximum absolute atomic E-state index is 10.7. The molecular formula is C10H7N5O2S2. The largest absolute Gasteiger partial charge is 0.476 e. The average Bonchev–Trinajstić information content (AvgIpc) is 3.05. The number of H-pyrrole nitrogens is 1. The van der Waals surface area contributed by atoms with Gasteiger partial charge in [-0.15, -0.1) is 11.3 Å². The van der Waals surface area contributed by atoms with E-state index in [1.54, 1.807) is 11.7 Å². The number of hydrogen-bond donors (Lipinski definition) is 2. The van der Waals surface area contributed by atoms with Crippen LogP contribution in [0.5, 0.6) is 0 Å². The zero-order valence-corrected chi connectivity index (χ0v) is 11.0. The number of nitrogens with zero attached hydrogens (tertiary/aromatic N) is 4. The Hall–Kier alpha value is -2.00. The third-order valence-electron chi connectivity index (χ3n) is 2.28. The summed E-state index contributed by atoms with van der Waals surface area (Å²) < 4.78 is 0. The summed E-state index contributed by atoms with van der Waals surface area (Å²) >= 11 is 2.58. The second-order valence-electron chi connectivity index (χ2n) is 3.52. The number of rotatable bonds is 4. The van der Waals surface area contributed by atoms with Crippen molar-refractivity contribution in [2.45, 2.75) is 10.8 Å². The van der Waals surface area contributed by atoms with E-state index in [1.807, 2.05) is 0 Å². The number of aromatic nitrogens is 5. The molecule has 0 atom stereocenters. The van der Waals surface area contributed by atoms with Crippen LogP contribution in [0.25, 0.3) is 11.2 Å². The van der Waals surface area contributed by atoms with Gasteiger partial charge in [-0.05, 0) is 0 Å². The van der Waals surface area contributed by atoms with Crippen LogP contribution in [0.4, 0.5) is 0 Å². The molecule has 19 heavy (non-hydrogen) atoms. The van der Waals surface area contributed by atoms with Gasteiger partial charge in [-0.2, -0.15) is 0 Å². The van der Waals surface area contributed by atoms with Crippen molar-refractivity contribution in [1.29, 1.82) is 0 Å². The number of thioether (sulfide) groups is 1. The number of carboxylic acid groups (broad SMARTS) is 1. The molecule has 9 heteroatoms. The molecule has 96 valence electrons. The van der Waals surface area contributed by atoms with Crippen molar-refractivity contribution in [3.8, 4) is 0 Å². The highest BCUT2D eigenvalue weighted by Crippen LogP contribution is 2.25. The van der Waals surface area contributed by atoms with E-state index in [0.29, 0.717) is 11.4 Å². The first-order valence-corrected chi connectivity index (χ1v) is 7.05. The van der Waals surface area contributed by atoms with E-state index in [9.17, 15) is 4.79 Å². The van der Waals surface area contributed by atoms with Crippen molar-refractivity contribution in [2.75, 3.05) is 0 Å². The molecule has 0 saturated heterocycles. The summed E-state index contributed by atoms with van der Waals surface area (Å²) in [5.41, 5.74) is 2.11. The molecule has 0 saturated carbocycles. The third-order valence-corrected chi connectivity index (χ3v) is 4.18. The fourth-order valence-electron chi connectivity index (χ4n) is 1.47. The van der Waals surface area contributed by atoms with Crippen molar-refractivity contribution in [3.63, 3.8) is 0 Å². The van der Waals surface area contributed by atoms with Crippen LogP contribution in [0.1, 0.15) is 15.5 Å². The SMILES string of the molecule is O=C(O)c1nc(CSc2ncnc3nc[nH]c23)cs1. The zero-order chi connectivity index (χ0) is 13.2. The lowest BCUT2D eigenvalue weighted by Crippen LogP contribution is -1.95. The molecule has 0 spiro atoms. The van der Waals surface area contributed by atoms with Gasteiger partial charge < -0.3 is 10.1 Å². The molecular weight excluding hydrogens is 286 g/mol. The highest BCUT2D eigenvalue weighted by molar-refractivity contribution is 7.98. The maximum atomic E-state index is 10.7. The van der Waals surface area contributed by atoms with E-state index in [-0.39, 0.29) is 5.01 Å². The van der Waals surface area contributed by atoms with Crippen LogP contribution >= 0.6 is 23.1 Å². The van der Waals surface area contributed by atoms with Gasteiger partial charge >= 0.3 is 5.97 Å². The van der Waals surface area contributed by atoms with Crippen LogP contribution in [0, 0.1) is 0 Å². The van der Waals surface area contributed by atoms with Gasteiger partial charge in [0, 0.05) is 11.1 Å². The summed E-state index contributed by atoms with van der Waals surface area (Å²) in [5, 5.41) is 11.4. The molecule has 0 bridgehead atoms. The second-order valence-corrected chi connectivity index (χ2v) is 5.34. The van der Waals surface area contributed by atoms with Crippen molar-refractivity contribution in [1.82, 2.24) is 24.9 Å². The number of nitrogens with one attached hydrogen (secondary N) is 1. The van der Waals surface area contributed by atoms with Crippen LogP contribution in [-0.2, 0) is 5.75 Å². The number of hydrogen-bond acceptors (Lipinski definition) is 7. The van der Waals surface area contributed by atoms with Crippen LogP contribution in [-0.4, -0.2) is 36.0 Å². The molecule has 0 aliphatic rings. The Morgan fingerprint density at radius 1 is 1.42 bits per heavy atom. The number of imidazole rings is 1. The molecule has 3 aromatic heterocycles. The van der Waals surface area contributed by atoms with Crippen LogP contribution in [0.15, 0.2) is 23.1 Å². The first kappa shape index (κ1) is 12.1. The fourth-order valence-corrected chi connectivity index (χ4v) is 3.07. The van der Waals surface area contributed by atoms with Gasteiger partial charge in [0.15, 0.2) is 5.65 Å². The smallest absolute Gasteiger partial charge is 0.365 e. The lowest BCUT2D eigenvalue weighted by molar-refractivity contribution is 0.0696. The highest BCUT2D eigenvalue weighted by atomic mass is 32.2. The Labute approximate surface area is 115 Å². The molecule has 3 rings (SSSR count).